The molecule has 0 fully saturated rings. The minimum atomic E-state index is 1.05. The summed E-state index contributed by atoms with van der Waals surface area (Å²) >= 11 is 0. The number of hydrogen-bond donors (Lipinski definition) is 0. The molecule has 0 N–H and O–H groups in total. The molecule has 2 aromatic rings. The minimum Gasteiger partial charge on any atom is -0.0984 e. The quantitative estimate of drug-likeness (QED) is 0.529. The summed E-state index contributed by atoms with van der Waals surface area (Å²) in [5.74, 6) is 0. The van der Waals surface area contributed by atoms with E-state index in [9.17, 15) is 0 Å². The second-order valence-corrected chi connectivity index (χ2v) is 5.78. The molecule has 0 aromatic heterocycles. The predicted molar refractivity (Wildman–Crippen MR) is 92.3 cm³/mol. The standard InChI is InChI=1S/C21H20/c1-4-16(10-9-15(2)3)17-11-12-19-13-18-7-5-6-8-20(18)21(19)14-17/h4-12,14H,1,13H2,2-3H3/b16-10+. The van der Waals surface area contributed by atoms with Gasteiger partial charge in [-0.2, -0.15) is 0 Å². The van der Waals surface area contributed by atoms with E-state index in [2.05, 4.69) is 75.0 Å². The highest BCUT2D eigenvalue weighted by molar-refractivity contribution is 5.83. The molecule has 0 nitrogen and oxygen atoms in total. The molecular weight excluding hydrogens is 252 g/mol. The molecule has 0 saturated carbocycles. The van der Waals surface area contributed by atoms with Crippen molar-refractivity contribution in [2.45, 2.75) is 20.3 Å². The zero-order chi connectivity index (χ0) is 14.8. The Morgan fingerprint density at radius 1 is 0.952 bits per heavy atom. The summed E-state index contributed by atoms with van der Waals surface area (Å²) in [7, 11) is 0. The van der Waals surface area contributed by atoms with Crippen molar-refractivity contribution in [3.8, 4) is 11.1 Å². The molecule has 21 heavy (non-hydrogen) atoms. The summed E-state index contributed by atoms with van der Waals surface area (Å²) < 4.78 is 0. The number of hydrogen-bond acceptors (Lipinski definition) is 0. The van der Waals surface area contributed by atoms with Crippen LogP contribution in [-0.4, -0.2) is 0 Å². The van der Waals surface area contributed by atoms with Gasteiger partial charge in [-0.15, -0.1) is 0 Å². The molecule has 104 valence electrons. The van der Waals surface area contributed by atoms with Crippen LogP contribution in [0.2, 0.25) is 0 Å². The molecule has 1 aliphatic carbocycles. The molecule has 0 bridgehead atoms. The summed E-state index contributed by atoms with van der Waals surface area (Å²) in [6.45, 7) is 8.17. The van der Waals surface area contributed by atoms with Crippen LogP contribution in [0.4, 0.5) is 0 Å². The van der Waals surface area contributed by atoms with E-state index in [0.29, 0.717) is 0 Å². The van der Waals surface area contributed by atoms with Gasteiger partial charge in [0.15, 0.2) is 0 Å². The molecule has 0 heteroatoms. The largest absolute Gasteiger partial charge is 0.0984 e. The van der Waals surface area contributed by atoms with Crippen LogP contribution < -0.4 is 0 Å². The first kappa shape index (κ1) is 13.6. The molecule has 2 aromatic carbocycles. The van der Waals surface area contributed by atoms with Crippen molar-refractivity contribution >= 4 is 5.57 Å². The van der Waals surface area contributed by atoms with Crippen molar-refractivity contribution in [1.29, 1.82) is 0 Å². The van der Waals surface area contributed by atoms with E-state index in [0.717, 1.165) is 6.42 Å². The van der Waals surface area contributed by atoms with Gasteiger partial charge in [0.2, 0.25) is 0 Å². The smallest absolute Gasteiger partial charge is 0.00134 e. The van der Waals surface area contributed by atoms with E-state index in [1.54, 1.807) is 0 Å². The highest BCUT2D eigenvalue weighted by atomic mass is 14.2. The van der Waals surface area contributed by atoms with Gasteiger partial charge in [0.05, 0.1) is 0 Å². The summed E-state index contributed by atoms with van der Waals surface area (Å²) in [5.41, 5.74) is 9.29. The third kappa shape index (κ3) is 2.62. The fraction of sp³-hybridized carbons (Fsp3) is 0.143. The average molecular weight is 272 g/mol. The fourth-order valence-electron chi connectivity index (χ4n) is 2.84. The molecule has 0 aliphatic heterocycles. The van der Waals surface area contributed by atoms with Crippen LogP contribution in [0.1, 0.15) is 30.5 Å². The lowest BCUT2D eigenvalue weighted by molar-refractivity contribution is 1.26. The molecule has 1 aliphatic rings. The monoisotopic (exact) mass is 272 g/mol. The van der Waals surface area contributed by atoms with Crippen molar-refractivity contribution in [1.82, 2.24) is 0 Å². The van der Waals surface area contributed by atoms with Gasteiger partial charge in [0.25, 0.3) is 0 Å². The highest BCUT2D eigenvalue weighted by Crippen LogP contribution is 2.37. The first-order chi connectivity index (χ1) is 10.2. The Labute approximate surface area is 127 Å². The molecule has 0 saturated heterocycles. The van der Waals surface area contributed by atoms with Crippen LogP contribution in [0, 0.1) is 0 Å². The van der Waals surface area contributed by atoms with Gasteiger partial charge in [-0.25, -0.2) is 0 Å². The van der Waals surface area contributed by atoms with E-state index < -0.39 is 0 Å². The Balaban J connectivity index is 2.07. The maximum atomic E-state index is 3.96. The molecule has 0 atom stereocenters. The van der Waals surface area contributed by atoms with Crippen LogP contribution in [0.15, 0.2) is 72.8 Å². The molecule has 0 amide bonds. The lowest BCUT2D eigenvalue weighted by Gasteiger charge is -2.06. The van der Waals surface area contributed by atoms with Crippen LogP contribution in [-0.2, 0) is 6.42 Å². The molecular formula is C21H20. The summed E-state index contributed by atoms with van der Waals surface area (Å²) in [4.78, 5) is 0. The van der Waals surface area contributed by atoms with Gasteiger partial charge in [0, 0.05) is 0 Å². The Hall–Kier alpha value is -2.34. The first-order valence-corrected chi connectivity index (χ1v) is 7.38. The second-order valence-electron chi connectivity index (χ2n) is 5.78. The lowest BCUT2D eigenvalue weighted by atomic mass is 9.98. The van der Waals surface area contributed by atoms with Crippen molar-refractivity contribution in [3.05, 3.63) is 89.5 Å². The van der Waals surface area contributed by atoms with Gasteiger partial charge in [0.1, 0.15) is 0 Å². The van der Waals surface area contributed by atoms with Crippen molar-refractivity contribution in [3.63, 3.8) is 0 Å². The summed E-state index contributed by atoms with van der Waals surface area (Å²) in [5, 5.41) is 0. The normalized spacial score (nSPS) is 12.6. The van der Waals surface area contributed by atoms with Gasteiger partial charge in [-0.05, 0) is 59.7 Å². The molecule has 0 spiro atoms. The van der Waals surface area contributed by atoms with Crippen LogP contribution in [0.3, 0.4) is 0 Å². The second kappa shape index (κ2) is 5.57. The Morgan fingerprint density at radius 2 is 1.71 bits per heavy atom. The Bertz CT molecular complexity index is 753. The number of benzene rings is 2. The van der Waals surface area contributed by atoms with Gasteiger partial charge in [-0.3, -0.25) is 0 Å². The number of rotatable bonds is 3. The van der Waals surface area contributed by atoms with Crippen LogP contribution >= 0.6 is 0 Å². The number of fused-ring (bicyclic) bond motifs is 3. The van der Waals surface area contributed by atoms with Crippen LogP contribution in [0.5, 0.6) is 0 Å². The lowest BCUT2D eigenvalue weighted by Crippen LogP contribution is -1.85. The fourth-order valence-corrected chi connectivity index (χ4v) is 2.84. The van der Waals surface area contributed by atoms with Crippen LogP contribution in [0.25, 0.3) is 16.7 Å². The third-order valence-electron chi connectivity index (χ3n) is 3.95. The van der Waals surface area contributed by atoms with E-state index in [-0.39, 0.29) is 0 Å². The third-order valence-corrected chi connectivity index (χ3v) is 3.95. The van der Waals surface area contributed by atoms with Crippen molar-refractivity contribution in [2.75, 3.05) is 0 Å². The summed E-state index contributed by atoms with van der Waals surface area (Å²) in [6, 6.07) is 15.4. The summed E-state index contributed by atoms with van der Waals surface area (Å²) in [6.07, 6.45) is 7.26. The molecule has 3 rings (SSSR count). The molecule has 0 radical (unpaired) electrons. The predicted octanol–water partition coefficient (Wildman–Crippen LogP) is 5.79. The van der Waals surface area contributed by atoms with Crippen molar-refractivity contribution < 1.29 is 0 Å². The van der Waals surface area contributed by atoms with Gasteiger partial charge >= 0.3 is 0 Å². The topological polar surface area (TPSA) is 0 Å². The highest BCUT2D eigenvalue weighted by Gasteiger charge is 2.18. The van der Waals surface area contributed by atoms with E-state index >= 15 is 0 Å². The van der Waals surface area contributed by atoms with Gasteiger partial charge < -0.3 is 0 Å². The maximum absolute atomic E-state index is 3.96. The van der Waals surface area contributed by atoms with E-state index in [4.69, 9.17) is 0 Å². The zero-order valence-corrected chi connectivity index (χ0v) is 12.7. The van der Waals surface area contributed by atoms with E-state index in [1.807, 2.05) is 6.08 Å². The van der Waals surface area contributed by atoms with Gasteiger partial charge in [-0.1, -0.05) is 66.8 Å². The molecule has 0 unspecified atom stereocenters. The maximum Gasteiger partial charge on any atom is -0.00134 e. The Morgan fingerprint density at radius 3 is 2.48 bits per heavy atom. The number of allylic oxidation sites excluding steroid dienone is 5. The zero-order valence-electron chi connectivity index (χ0n) is 12.7. The minimum absolute atomic E-state index is 1.05. The Kier molecular flexibility index (Phi) is 3.62. The van der Waals surface area contributed by atoms with Crippen molar-refractivity contribution in [2.24, 2.45) is 0 Å². The molecule has 0 heterocycles. The van der Waals surface area contributed by atoms with E-state index in [1.165, 1.54) is 39.0 Å². The SMILES string of the molecule is C=C/C(=C\C=C(C)C)c1ccc2c(c1)-c1ccccc1C2. The first-order valence-electron chi connectivity index (χ1n) is 7.38. The average Bonchev–Trinajstić information content (AvgIpc) is 2.85.